The summed E-state index contributed by atoms with van der Waals surface area (Å²) in [5.41, 5.74) is 0.651. The molecule has 2 unspecified atom stereocenters. The number of nitrogens with one attached hydrogen (secondary N) is 1. The molecule has 5 nitrogen and oxygen atoms in total. The van der Waals surface area contributed by atoms with Crippen LogP contribution in [0.1, 0.15) is 44.6 Å². The van der Waals surface area contributed by atoms with Crippen LogP contribution < -0.4 is 4.72 Å². The van der Waals surface area contributed by atoms with E-state index in [1.54, 1.807) is 13.2 Å². The Morgan fingerprint density at radius 1 is 1.23 bits per heavy atom. The molecule has 146 valence electrons. The van der Waals surface area contributed by atoms with E-state index in [4.69, 9.17) is 4.74 Å². The molecule has 1 aromatic carbocycles. The van der Waals surface area contributed by atoms with Crippen LogP contribution in [0.3, 0.4) is 0 Å². The van der Waals surface area contributed by atoms with Crippen molar-refractivity contribution in [3.8, 4) is 0 Å². The number of unbranched alkanes of at least 4 members (excludes halogenated alkanes) is 2. The average Bonchev–Trinajstić information content (AvgIpc) is 2.85. The molecule has 2 atom stereocenters. The van der Waals surface area contributed by atoms with Gasteiger partial charge in [-0.3, -0.25) is 0 Å². The highest BCUT2D eigenvalue weighted by atomic mass is 32.2. The molecule has 26 heavy (non-hydrogen) atoms. The van der Waals surface area contributed by atoms with E-state index in [2.05, 4.69) is 16.5 Å². The maximum Gasteiger partial charge on any atom is 0.240 e. The number of hydrogen-bond acceptors (Lipinski definition) is 4. The molecule has 1 N–H and O–H groups in total. The summed E-state index contributed by atoms with van der Waals surface area (Å²) < 4.78 is 33.1. The first-order valence-corrected chi connectivity index (χ1v) is 11.3. The van der Waals surface area contributed by atoms with Gasteiger partial charge in [0, 0.05) is 32.0 Å². The molecule has 0 aromatic heterocycles. The maximum absolute atomic E-state index is 12.2. The lowest BCUT2D eigenvalue weighted by molar-refractivity contribution is -0.119. The quantitative estimate of drug-likeness (QED) is 0.705. The number of nitrogens with zero attached hydrogens (tertiary/aromatic N) is 1. The monoisotopic (exact) mass is 380 g/mol. The smallest absolute Gasteiger partial charge is 0.240 e. The molecular formula is C20H32N2O3S. The summed E-state index contributed by atoms with van der Waals surface area (Å²) in [7, 11) is -0.211. The third-order valence-electron chi connectivity index (χ3n) is 6.31. The standard InChI is InChI=1S/C20H32N2O3S/c1-4-5-6-12-22-14-17-10-11-18(15-22)20(17,25-3)16-8-7-9-19(13-16)26(23,24)21-2/h7-9,13,17-18,21H,4-6,10-12,14-15H2,1-3H3. The number of fused-ring (bicyclic) bond motifs is 2. The lowest BCUT2D eigenvalue weighted by Gasteiger charge is -2.47. The highest BCUT2D eigenvalue weighted by molar-refractivity contribution is 7.89. The second-order valence-electron chi connectivity index (χ2n) is 7.67. The van der Waals surface area contributed by atoms with Crippen LogP contribution in [-0.4, -0.2) is 47.1 Å². The number of benzene rings is 1. The van der Waals surface area contributed by atoms with Crippen LogP contribution >= 0.6 is 0 Å². The van der Waals surface area contributed by atoms with E-state index in [1.165, 1.54) is 26.3 Å². The summed E-state index contributed by atoms with van der Waals surface area (Å²) in [4.78, 5) is 2.91. The van der Waals surface area contributed by atoms with Crippen molar-refractivity contribution in [2.24, 2.45) is 11.8 Å². The van der Waals surface area contributed by atoms with E-state index < -0.39 is 10.0 Å². The van der Waals surface area contributed by atoms with E-state index in [0.717, 1.165) is 38.0 Å². The van der Waals surface area contributed by atoms with Gasteiger partial charge in [-0.15, -0.1) is 0 Å². The Balaban J connectivity index is 1.88. The van der Waals surface area contributed by atoms with Gasteiger partial charge in [0.15, 0.2) is 0 Å². The first kappa shape index (κ1) is 19.8. The highest BCUT2D eigenvalue weighted by Crippen LogP contribution is 2.53. The molecule has 2 aliphatic rings. The van der Waals surface area contributed by atoms with Crippen LogP contribution in [0.25, 0.3) is 0 Å². The van der Waals surface area contributed by atoms with Gasteiger partial charge in [-0.2, -0.15) is 0 Å². The van der Waals surface area contributed by atoms with Crippen molar-refractivity contribution in [2.45, 2.75) is 49.5 Å². The minimum Gasteiger partial charge on any atom is -0.373 e. The number of methoxy groups -OCH3 is 1. The molecule has 1 heterocycles. The molecule has 6 heteroatoms. The highest BCUT2D eigenvalue weighted by Gasteiger charge is 2.55. The molecule has 2 fully saturated rings. The van der Waals surface area contributed by atoms with Gasteiger partial charge in [-0.05, 0) is 50.6 Å². The van der Waals surface area contributed by atoms with E-state index >= 15 is 0 Å². The van der Waals surface area contributed by atoms with Crippen molar-refractivity contribution in [3.05, 3.63) is 29.8 Å². The van der Waals surface area contributed by atoms with Gasteiger partial charge in [0.25, 0.3) is 0 Å². The molecule has 0 spiro atoms. The van der Waals surface area contributed by atoms with Crippen LogP contribution in [0.5, 0.6) is 0 Å². The molecule has 1 saturated heterocycles. The summed E-state index contributed by atoms with van der Waals surface area (Å²) in [6.45, 7) is 5.48. The Morgan fingerprint density at radius 3 is 2.50 bits per heavy atom. The number of ether oxygens (including phenoxy) is 1. The molecule has 1 aliphatic heterocycles. The van der Waals surface area contributed by atoms with Gasteiger partial charge in [-0.1, -0.05) is 31.9 Å². The first-order chi connectivity index (χ1) is 12.5. The zero-order valence-corrected chi connectivity index (χ0v) is 17.0. The van der Waals surface area contributed by atoms with E-state index in [9.17, 15) is 8.42 Å². The average molecular weight is 381 g/mol. The summed E-state index contributed by atoms with van der Waals surface area (Å²) >= 11 is 0. The van der Waals surface area contributed by atoms with Crippen molar-refractivity contribution in [1.29, 1.82) is 0 Å². The lowest BCUT2D eigenvalue weighted by Crippen LogP contribution is -2.53. The van der Waals surface area contributed by atoms with Crippen LogP contribution in [-0.2, 0) is 20.4 Å². The van der Waals surface area contributed by atoms with Gasteiger partial charge < -0.3 is 9.64 Å². The fourth-order valence-corrected chi connectivity index (χ4v) is 5.81. The zero-order chi connectivity index (χ0) is 18.8. The van der Waals surface area contributed by atoms with Crippen molar-refractivity contribution < 1.29 is 13.2 Å². The minimum atomic E-state index is -3.45. The summed E-state index contributed by atoms with van der Waals surface area (Å²) in [6.07, 6.45) is 6.07. The van der Waals surface area contributed by atoms with Gasteiger partial charge in [-0.25, -0.2) is 13.1 Å². The van der Waals surface area contributed by atoms with Crippen molar-refractivity contribution in [1.82, 2.24) is 9.62 Å². The minimum absolute atomic E-state index is 0.318. The lowest BCUT2D eigenvalue weighted by atomic mass is 9.75. The topological polar surface area (TPSA) is 58.6 Å². The van der Waals surface area contributed by atoms with Gasteiger partial charge in [0.05, 0.1) is 4.90 Å². The molecule has 1 aromatic rings. The zero-order valence-electron chi connectivity index (χ0n) is 16.2. The fourth-order valence-electron chi connectivity index (χ4n) is 5.03. The summed E-state index contributed by atoms with van der Waals surface area (Å²) in [5, 5.41) is 0. The third-order valence-corrected chi connectivity index (χ3v) is 7.73. The van der Waals surface area contributed by atoms with Crippen LogP contribution in [0.2, 0.25) is 0 Å². The van der Waals surface area contributed by atoms with E-state index in [0.29, 0.717) is 16.7 Å². The molecule has 0 amide bonds. The van der Waals surface area contributed by atoms with Crippen molar-refractivity contribution >= 4 is 10.0 Å². The molecule has 0 radical (unpaired) electrons. The second kappa shape index (κ2) is 7.97. The normalized spacial score (nSPS) is 29.2. The number of sulfonamides is 1. The fraction of sp³-hybridized carbons (Fsp3) is 0.700. The Morgan fingerprint density at radius 2 is 1.92 bits per heavy atom. The summed E-state index contributed by atoms with van der Waals surface area (Å²) in [6, 6.07) is 7.34. The number of likely N-dealkylation sites (tertiary alicyclic amines) is 1. The molecule has 2 bridgehead atoms. The Kier molecular flexibility index (Phi) is 6.07. The number of piperidine rings is 1. The predicted octanol–water partition coefficient (Wildman–Crippen LogP) is 2.97. The van der Waals surface area contributed by atoms with Crippen molar-refractivity contribution in [2.75, 3.05) is 33.8 Å². The van der Waals surface area contributed by atoms with E-state index in [1.807, 2.05) is 18.2 Å². The Labute approximate surface area is 158 Å². The van der Waals surface area contributed by atoms with Crippen LogP contribution in [0.4, 0.5) is 0 Å². The SMILES string of the molecule is CCCCCN1CC2CCC(C1)C2(OC)c1cccc(S(=O)(=O)NC)c1. The van der Waals surface area contributed by atoms with Crippen LogP contribution in [0, 0.1) is 11.8 Å². The third kappa shape index (κ3) is 3.44. The van der Waals surface area contributed by atoms with Crippen LogP contribution in [0.15, 0.2) is 29.2 Å². The number of hydrogen-bond donors (Lipinski definition) is 1. The van der Waals surface area contributed by atoms with Gasteiger partial charge >= 0.3 is 0 Å². The Bertz CT molecular complexity index is 706. The maximum atomic E-state index is 12.2. The first-order valence-electron chi connectivity index (χ1n) is 9.79. The number of rotatable bonds is 8. The van der Waals surface area contributed by atoms with Gasteiger partial charge in [0.2, 0.25) is 10.0 Å². The molecule has 1 aliphatic carbocycles. The molecule has 3 rings (SSSR count). The van der Waals surface area contributed by atoms with Gasteiger partial charge in [0.1, 0.15) is 5.60 Å². The summed E-state index contributed by atoms with van der Waals surface area (Å²) in [5.74, 6) is 0.834. The Hall–Kier alpha value is -0.950. The second-order valence-corrected chi connectivity index (χ2v) is 9.56. The largest absolute Gasteiger partial charge is 0.373 e. The predicted molar refractivity (Wildman–Crippen MR) is 104 cm³/mol. The molecule has 1 saturated carbocycles. The van der Waals surface area contributed by atoms with E-state index in [-0.39, 0.29) is 5.60 Å². The van der Waals surface area contributed by atoms with Crippen molar-refractivity contribution in [3.63, 3.8) is 0 Å². The molecular weight excluding hydrogens is 348 g/mol.